The molecule has 0 spiro atoms. The molecule has 0 fully saturated rings. The number of nitrogens with zero attached hydrogens (tertiary/aromatic N) is 3. The van der Waals surface area contributed by atoms with Crippen LogP contribution in [0, 0.1) is 19.8 Å². The van der Waals surface area contributed by atoms with Gasteiger partial charge in [-0.25, -0.2) is 4.68 Å². The van der Waals surface area contributed by atoms with Crippen molar-refractivity contribution in [3.05, 3.63) is 65.9 Å². The number of unbranched alkanes of at least 4 members (excludes halogenated alkanes) is 1. The Balaban J connectivity index is 1.97. The number of nitrogens with one attached hydrogen (secondary N) is 1. The normalized spacial score (nSPS) is 12.0. The van der Waals surface area contributed by atoms with Crippen molar-refractivity contribution in [2.75, 3.05) is 11.9 Å². The van der Waals surface area contributed by atoms with Gasteiger partial charge >= 0.3 is 0 Å². The molecule has 192 valence electrons. The van der Waals surface area contributed by atoms with E-state index in [-0.39, 0.29) is 30.3 Å². The molecule has 1 unspecified atom stereocenters. The molecule has 0 saturated heterocycles. The number of benzene rings is 2. The topological polar surface area (TPSA) is 67.2 Å². The number of hydrogen-bond donors (Lipinski definition) is 1. The molecule has 0 aliphatic carbocycles. The van der Waals surface area contributed by atoms with Crippen molar-refractivity contribution in [1.82, 2.24) is 14.7 Å². The van der Waals surface area contributed by atoms with Crippen LogP contribution < -0.4 is 5.32 Å². The number of para-hydroxylation sites is 1. The van der Waals surface area contributed by atoms with Crippen LogP contribution in [0.4, 0.5) is 5.82 Å². The van der Waals surface area contributed by atoms with E-state index in [4.69, 9.17) is 5.10 Å². The van der Waals surface area contributed by atoms with Gasteiger partial charge in [0.05, 0.1) is 11.4 Å². The van der Waals surface area contributed by atoms with Crippen LogP contribution in [0.1, 0.15) is 64.6 Å². The van der Waals surface area contributed by atoms with Crippen molar-refractivity contribution in [2.45, 2.75) is 73.3 Å². The summed E-state index contributed by atoms with van der Waals surface area (Å²) >= 11 is 0. The van der Waals surface area contributed by atoms with Crippen molar-refractivity contribution >= 4 is 17.6 Å². The van der Waals surface area contributed by atoms with Gasteiger partial charge in [0.2, 0.25) is 11.8 Å². The van der Waals surface area contributed by atoms with Gasteiger partial charge in [0.25, 0.3) is 0 Å². The van der Waals surface area contributed by atoms with Crippen molar-refractivity contribution in [3.63, 3.8) is 0 Å². The predicted molar refractivity (Wildman–Crippen MR) is 147 cm³/mol. The number of carbonyl (C=O) groups excluding carboxylic acids is 2. The van der Waals surface area contributed by atoms with Crippen LogP contribution in [-0.4, -0.2) is 39.1 Å². The lowest BCUT2D eigenvalue weighted by Gasteiger charge is -2.30. The summed E-state index contributed by atoms with van der Waals surface area (Å²) in [5.41, 5.74) is 4.63. The number of amides is 2. The molecule has 36 heavy (non-hydrogen) atoms. The Hall–Kier alpha value is -3.41. The number of rotatable bonds is 11. The largest absolute Gasteiger partial charge is 0.331 e. The first-order valence-electron chi connectivity index (χ1n) is 13.1. The number of hydrogen-bond acceptors (Lipinski definition) is 3. The summed E-state index contributed by atoms with van der Waals surface area (Å²) in [4.78, 5) is 28.5. The number of aromatic nitrogens is 2. The second kappa shape index (κ2) is 12.5. The van der Waals surface area contributed by atoms with Crippen molar-refractivity contribution in [2.24, 2.45) is 5.92 Å². The van der Waals surface area contributed by atoms with Gasteiger partial charge in [-0.3, -0.25) is 9.59 Å². The quantitative estimate of drug-likeness (QED) is 0.333. The van der Waals surface area contributed by atoms with Gasteiger partial charge in [-0.05, 0) is 57.7 Å². The molecule has 1 N–H and O–H groups in total. The van der Waals surface area contributed by atoms with E-state index in [0.29, 0.717) is 5.82 Å². The Kier molecular flexibility index (Phi) is 9.45. The van der Waals surface area contributed by atoms with Crippen LogP contribution in [0.5, 0.6) is 0 Å². The number of aryl methyl sites for hydroxylation is 2. The molecule has 0 aliphatic heterocycles. The van der Waals surface area contributed by atoms with E-state index in [1.807, 2.05) is 93.9 Å². The minimum Gasteiger partial charge on any atom is -0.331 e. The van der Waals surface area contributed by atoms with Crippen LogP contribution in [0.2, 0.25) is 0 Å². The molecule has 0 aliphatic rings. The van der Waals surface area contributed by atoms with E-state index < -0.39 is 0 Å². The summed E-state index contributed by atoms with van der Waals surface area (Å²) in [7, 11) is 0. The molecule has 1 atom stereocenters. The first kappa shape index (κ1) is 27.2. The molecule has 1 heterocycles. The average molecular weight is 489 g/mol. The maximum Gasteiger partial charge on any atom is 0.245 e. The summed E-state index contributed by atoms with van der Waals surface area (Å²) < 4.78 is 1.81. The fraction of sp³-hybridized carbons (Fsp3) is 0.433. The van der Waals surface area contributed by atoms with Gasteiger partial charge in [-0.2, -0.15) is 5.10 Å². The van der Waals surface area contributed by atoms with Gasteiger partial charge in [-0.1, -0.05) is 75.2 Å². The summed E-state index contributed by atoms with van der Waals surface area (Å²) in [6.45, 7) is 12.1. The molecule has 2 aromatic carbocycles. The Morgan fingerprint density at radius 2 is 1.67 bits per heavy atom. The van der Waals surface area contributed by atoms with Crippen molar-refractivity contribution in [1.29, 1.82) is 0 Å². The third kappa shape index (κ3) is 6.23. The first-order chi connectivity index (χ1) is 17.3. The van der Waals surface area contributed by atoms with E-state index >= 15 is 0 Å². The van der Waals surface area contributed by atoms with Crippen LogP contribution in [-0.2, 0) is 9.59 Å². The Labute approximate surface area is 215 Å². The van der Waals surface area contributed by atoms with Gasteiger partial charge in [0.15, 0.2) is 0 Å². The zero-order chi connectivity index (χ0) is 26.2. The van der Waals surface area contributed by atoms with Crippen LogP contribution in [0.15, 0.2) is 54.6 Å². The highest BCUT2D eigenvalue weighted by molar-refractivity contribution is 5.98. The standard InChI is InChI=1S/C30H40N4O2/c1-7-9-16-24(8-2)30(36)33(21(3)4)20-27(35)31-29-28(25-17-11-10-12-18-25)23(6)32-34(29)26-19-14-13-15-22(26)5/h10-15,17-19,21,24H,7-9,16,20H2,1-6H3,(H,31,35). The maximum atomic E-state index is 13.5. The molecule has 0 saturated carbocycles. The molecule has 6 heteroatoms. The SMILES string of the molecule is CCCCC(CC)C(=O)N(CC(=O)Nc1c(-c2ccccc2)c(C)nn1-c1ccccc1C)C(C)C. The summed E-state index contributed by atoms with van der Waals surface area (Å²) in [5, 5.41) is 7.95. The van der Waals surface area contributed by atoms with E-state index in [0.717, 1.165) is 53.8 Å². The molecule has 3 rings (SSSR count). The lowest BCUT2D eigenvalue weighted by molar-refractivity contribution is -0.140. The Bertz CT molecular complexity index is 1170. The smallest absolute Gasteiger partial charge is 0.245 e. The van der Waals surface area contributed by atoms with Gasteiger partial charge in [0, 0.05) is 17.5 Å². The van der Waals surface area contributed by atoms with Crippen molar-refractivity contribution < 1.29 is 9.59 Å². The monoisotopic (exact) mass is 488 g/mol. The lowest BCUT2D eigenvalue weighted by Crippen LogP contribution is -2.45. The number of anilines is 1. The average Bonchev–Trinajstić information content (AvgIpc) is 3.18. The molecule has 2 amide bonds. The zero-order valence-electron chi connectivity index (χ0n) is 22.5. The zero-order valence-corrected chi connectivity index (χ0v) is 22.5. The fourth-order valence-corrected chi connectivity index (χ4v) is 4.60. The van der Waals surface area contributed by atoms with Crippen molar-refractivity contribution in [3.8, 4) is 16.8 Å². The van der Waals surface area contributed by atoms with Gasteiger partial charge in [-0.15, -0.1) is 0 Å². The van der Waals surface area contributed by atoms with E-state index in [1.54, 1.807) is 4.90 Å². The Morgan fingerprint density at radius 1 is 1.00 bits per heavy atom. The number of carbonyl (C=O) groups is 2. The minimum absolute atomic E-state index is 0.00531. The van der Waals surface area contributed by atoms with Gasteiger partial charge in [0.1, 0.15) is 12.4 Å². The molecule has 1 aromatic heterocycles. The Morgan fingerprint density at radius 3 is 2.28 bits per heavy atom. The molecule has 6 nitrogen and oxygen atoms in total. The van der Waals surface area contributed by atoms with Crippen LogP contribution in [0.3, 0.4) is 0 Å². The lowest BCUT2D eigenvalue weighted by atomic mass is 9.97. The predicted octanol–water partition coefficient (Wildman–Crippen LogP) is 6.55. The van der Waals surface area contributed by atoms with E-state index in [1.165, 1.54) is 0 Å². The van der Waals surface area contributed by atoms with Gasteiger partial charge < -0.3 is 10.2 Å². The fourth-order valence-electron chi connectivity index (χ4n) is 4.60. The summed E-state index contributed by atoms with van der Waals surface area (Å²) in [5.74, 6) is 0.393. The first-order valence-corrected chi connectivity index (χ1v) is 13.1. The molecule has 0 radical (unpaired) electrons. The highest BCUT2D eigenvalue weighted by Gasteiger charge is 2.28. The van der Waals surface area contributed by atoms with Crippen LogP contribution >= 0.6 is 0 Å². The van der Waals surface area contributed by atoms with Crippen LogP contribution in [0.25, 0.3) is 16.8 Å². The third-order valence-corrected chi connectivity index (χ3v) is 6.69. The molecule has 0 bridgehead atoms. The second-order valence-electron chi connectivity index (χ2n) is 9.73. The van der Waals surface area contributed by atoms with E-state index in [2.05, 4.69) is 12.2 Å². The molecule has 3 aromatic rings. The second-order valence-corrected chi connectivity index (χ2v) is 9.73. The maximum absolute atomic E-state index is 13.5. The summed E-state index contributed by atoms with van der Waals surface area (Å²) in [6.07, 6.45) is 3.70. The highest BCUT2D eigenvalue weighted by Crippen LogP contribution is 2.34. The highest BCUT2D eigenvalue weighted by atomic mass is 16.2. The van der Waals surface area contributed by atoms with E-state index in [9.17, 15) is 9.59 Å². The third-order valence-electron chi connectivity index (χ3n) is 6.69. The minimum atomic E-state index is -0.227. The molecular weight excluding hydrogens is 448 g/mol. The summed E-state index contributed by atoms with van der Waals surface area (Å²) in [6, 6.07) is 17.9. The molecular formula is C30H40N4O2.